The molecule has 0 aliphatic carbocycles. The van der Waals surface area contributed by atoms with E-state index in [9.17, 15) is 0 Å². The molecule has 0 radical (unpaired) electrons. The summed E-state index contributed by atoms with van der Waals surface area (Å²) in [6.45, 7) is 0. The fraction of sp³-hybridized carbons (Fsp3) is 0. The van der Waals surface area contributed by atoms with Crippen molar-refractivity contribution in [1.82, 2.24) is 23.5 Å². The Bertz CT molecular complexity index is 2420. The van der Waals surface area contributed by atoms with Crippen molar-refractivity contribution in [2.24, 2.45) is 0 Å². The minimum atomic E-state index is 0.909. The third kappa shape index (κ3) is 3.17. The van der Waals surface area contributed by atoms with Crippen LogP contribution in [0.1, 0.15) is 0 Å². The number of hydrogen-bond acceptors (Lipinski definition) is 2. The highest BCUT2D eigenvalue weighted by Gasteiger charge is 2.18. The highest BCUT2D eigenvalue weighted by Crippen LogP contribution is 2.37. The number of hydrogen-bond donors (Lipinski definition) is 0. The molecule has 0 unspecified atom stereocenters. The van der Waals surface area contributed by atoms with Crippen LogP contribution in [0.5, 0.6) is 0 Å². The molecule has 0 saturated heterocycles. The predicted molar refractivity (Wildman–Crippen MR) is 167 cm³/mol. The average molecular weight is 526 g/mol. The van der Waals surface area contributed by atoms with Crippen LogP contribution in [0.4, 0.5) is 0 Å². The van der Waals surface area contributed by atoms with Crippen LogP contribution < -0.4 is 0 Å². The third-order valence-electron chi connectivity index (χ3n) is 8.16. The third-order valence-corrected chi connectivity index (χ3v) is 8.16. The molecule has 0 atom stereocenters. The van der Waals surface area contributed by atoms with Gasteiger partial charge < -0.3 is 4.57 Å². The number of pyridine rings is 2. The maximum atomic E-state index is 4.78. The summed E-state index contributed by atoms with van der Waals surface area (Å²) < 4.78 is 6.79. The maximum absolute atomic E-state index is 4.78. The Morgan fingerprint density at radius 3 is 1.98 bits per heavy atom. The summed E-state index contributed by atoms with van der Waals surface area (Å²) in [5.74, 6) is 1.84. The van der Waals surface area contributed by atoms with E-state index in [1.807, 2.05) is 36.7 Å². The van der Waals surface area contributed by atoms with E-state index in [2.05, 4.69) is 117 Å². The number of rotatable bonds is 3. The SMILES string of the molecule is c1ccc(-n2c3ccccc3c3ccc(-n4c5ccccc5c5ccc(-c6ncc7ccccn67)cc54)cc32)nc1. The van der Waals surface area contributed by atoms with Crippen molar-refractivity contribution < 1.29 is 0 Å². The molecule has 0 amide bonds. The first-order valence-electron chi connectivity index (χ1n) is 13.8. The molecule has 0 aliphatic rings. The number of nitrogens with zero attached hydrogens (tertiary/aromatic N) is 5. The van der Waals surface area contributed by atoms with Gasteiger partial charge in [0.2, 0.25) is 0 Å². The van der Waals surface area contributed by atoms with Crippen LogP contribution in [0.2, 0.25) is 0 Å². The molecule has 0 bridgehead atoms. The van der Waals surface area contributed by atoms with Gasteiger partial charge in [-0.05, 0) is 54.6 Å². The van der Waals surface area contributed by atoms with Gasteiger partial charge in [-0.25, -0.2) is 9.97 Å². The lowest BCUT2D eigenvalue weighted by molar-refractivity contribution is 1.08. The summed E-state index contributed by atoms with van der Waals surface area (Å²) in [5.41, 5.74) is 7.86. The number of benzene rings is 4. The maximum Gasteiger partial charge on any atom is 0.144 e. The van der Waals surface area contributed by atoms with E-state index in [1.54, 1.807) is 0 Å². The largest absolute Gasteiger partial charge is 0.309 e. The second-order valence-electron chi connectivity index (χ2n) is 10.4. The van der Waals surface area contributed by atoms with Crippen molar-refractivity contribution in [3.05, 3.63) is 140 Å². The Morgan fingerprint density at radius 2 is 1.17 bits per heavy atom. The van der Waals surface area contributed by atoms with E-state index in [0.29, 0.717) is 0 Å². The number of aromatic nitrogens is 5. The Labute approximate surface area is 235 Å². The van der Waals surface area contributed by atoms with Crippen LogP contribution in [0.15, 0.2) is 140 Å². The second kappa shape index (κ2) is 8.41. The Morgan fingerprint density at radius 1 is 0.488 bits per heavy atom. The van der Waals surface area contributed by atoms with E-state index in [1.165, 1.54) is 27.1 Å². The van der Waals surface area contributed by atoms with Gasteiger partial charge in [-0.3, -0.25) is 8.97 Å². The molecule has 5 aromatic heterocycles. The summed E-state index contributed by atoms with van der Waals surface area (Å²) in [6.07, 6.45) is 5.86. The minimum absolute atomic E-state index is 0.909. The van der Waals surface area contributed by atoms with Crippen LogP contribution in [0.3, 0.4) is 0 Å². The van der Waals surface area contributed by atoms with Crippen molar-refractivity contribution in [2.75, 3.05) is 0 Å². The molecule has 5 nitrogen and oxygen atoms in total. The van der Waals surface area contributed by atoms with Gasteiger partial charge in [0, 0.05) is 45.2 Å². The summed E-state index contributed by atoms with van der Waals surface area (Å²) in [4.78, 5) is 9.51. The Balaban J connectivity index is 1.35. The number of fused-ring (bicyclic) bond motifs is 7. The number of imidazole rings is 1. The summed E-state index contributed by atoms with van der Waals surface area (Å²) in [5, 5.41) is 4.87. The predicted octanol–water partition coefficient (Wildman–Crippen LogP) is 8.59. The second-order valence-corrected chi connectivity index (χ2v) is 10.4. The highest BCUT2D eigenvalue weighted by atomic mass is 15.1. The molecule has 5 heterocycles. The van der Waals surface area contributed by atoms with E-state index in [4.69, 9.17) is 9.97 Å². The highest BCUT2D eigenvalue weighted by molar-refractivity contribution is 6.12. The van der Waals surface area contributed by atoms with Crippen molar-refractivity contribution in [3.8, 4) is 22.9 Å². The van der Waals surface area contributed by atoms with E-state index in [0.717, 1.165) is 45.0 Å². The number of para-hydroxylation sites is 2. The standard InChI is InChI=1S/C36H23N5/c1-3-12-31-27(10-1)29-17-15-24(36-38-23-26-9-6-8-20-39(26)36)21-33(29)40(31)25-16-18-30-28-11-2-4-13-32(28)41(34(30)22-25)35-14-5-7-19-37-35/h1-23H. The first-order valence-corrected chi connectivity index (χ1v) is 13.8. The first-order chi connectivity index (χ1) is 20.3. The van der Waals surface area contributed by atoms with Gasteiger partial charge in [0.05, 0.1) is 33.8 Å². The summed E-state index contributed by atoms with van der Waals surface area (Å²) >= 11 is 0. The van der Waals surface area contributed by atoms with E-state index < -0.39 is 0 Å². The molecule has 0 aliphatic heterocycles. The van der Waals surface area contributed by atoms with Gasteiger partial charge in [0.1, 0.15) is 11.6 Å². The Kier molecular flexibility index (Phi) is 4.55. The molecule has 192 valence electrons. The molecule has 5 heteroatoms. The van der Waals surface area contributed by atoms with Crippen molar-refractivity contribution in [2.45, 2.75) is 0 Å². The monoisotopic (exact) mass is 525 g/mol. The molecule has 0 fully saturated rings. The lowest BCUT2D eigenvalue weighted by atomic mass is 10.1. The fourth-order valence-electron chi connectivity index (χ4n) is 6.38. The zero-order chi connectivity index (χ0) is 26.9. The lowest BCUT2D eigenvalue weighted by Crippen LogP contribution is -1.98. The molecular weight excluding hydrogens is 502 g/mol. The summed E-state index contributed by atoms with van der Waals surface area (Å²) in [7, 11) is 0. The fourth-order valence-corrected chi connectivity index (χ4v) is 6.38. The lowest BCUT2D eigenvalue weighted by Gasteiger charge is -2.11. The zero-order valence-corrected chi connectivity index (χ0v) is 22.0. The molecule has 0 N–H and O–H groups in total. The van der Waals surface area contributed by atoms with Crippen LogP contribution >= 0.6 is 0 Å². The molecule has 9 rings (SSSR count). The van der Waals surface area contributed by atoms with Crippen LogP contribution in [0, 0.1) is 0 Å². The van der Waals surface area contributed by atoms with Crippen molar-refractivity contribution in [1.29, 1.82) is 0 Å². The van der Waals surface area contributed by atoms with Crippen molar-refractivity contribution in [3.63, 3.8) is 0 Å². The van der Waals surface area contributed by atoms with Gasteiger partial charge in [0.15, 0.2) is 0 Å². The smallest absolute Gasteiger partial charge is 0.144 e. The van der Waals surface area contributed by atoms with Gasteiger partial charge in [-0.2, -0.15) is 0 Å². The molecule has 0 spiro atoms. The molecule has 41 heavy (non-hydrogen) atoms. The quantitative estimate of drug-likeness (QED) is 0.232. The molecular formula is C36H23N5. The first kappa shape index (κ1) is 22.2. The normalized spacial score (nSPS) is 11.9. The zero-order valence-electron chi connectivity index (χ0n) is 22.0. The molecule has 4 aromatic carbocycles. The van der Waals surface area contributed by atoms with Crippen molar-refractivity contribution >= 4 is 49.1 Å². The van der Waals surface area contributed by atoms with Crippen LogP contribution in [-0.2, 0) is 0 Å². The molecule has 0 saturated carbocycles. The van der Waals surface area contributed by atoms with E-state index in [-0.39, 0.29) is 0 Å². The van der Waals surface area contributed by atoms with Gasteiger partial charge in [0.25, 0.3) is 0 Å². The van der Waals surface area contributed by atoms with E-state index >= 15 is 0 Å². The average Bonchev–Trinajstić information content (AvgIpc) is 3.71. The van der Waals surface area contributed by atoms with Gasteiger partial charge in [-0.1, -0.05) is 66.7 Å². The molecule has 9 aromatic rings. The van der Waals surface area contributed by atoms with Crippen LogP contribution in [0.25, 0.3) is 72.0 Å². The summed E-state index contributed by atoms with van der Waals surface area (Å²) in [6, 6.07) is 42.9. The Hall–Kier alpha value is -5.68. The van der Waals surface area contributed by atoms with Gasteiger partial charge >= 0.3 is 0 Å². The minimum Gasteiger partial charge on any atom is -0.309 e. The topological polar surface area (TPSA) is 40.0 Å². The van der Waals surface area contributed by atoms with Crippen LogP contribution in [-0.4, -0.2) is 23.5 Å². The van der Waals surface area contributed by atoms with Gasteiger partial charge in [-0.15, -0.1) is 0 Å².